The van der Waals surface area contributed by atoms with Gasteiger partial charge in [0.15, 0.2) is 42.0 Å². The van der Waals surface area contributed by atoms with Gasteiger partial charge in [-0.15, -0.1) is 68.0 Å². The van der Waals surface area contributed by atoms with Gasteiger partial charge in [-0.2, -0.15) is 4.99 Å². The van der Waals surface area contributed by atoms with E-state index in [9.17, 15) is 28.8 Å². The maximum Gasteiger partial charge on any atom is 0.279 e. The second kappa shape index (κ2) is 51.8. The number of nitrogens with zero attached hydrogens (tertiary/aromatic N) is 7. The number of carbonyl (C=O) groups excluding carboxylic acids is 6. The SMILES string of the molecule is COc1cc(-c2csc(NC(=O)c3ccc(Cl)cc3)n2)cc(C)c1C.COc1cc(-c2csc(NC(=O)c3ccccc3C)n2)cc(C)c1C.COc1ccc(C(=O)Nc2nc(-c3cc(C)c(C)c(OC)c3)cs2)c(C)c1.COc1ccc(C(=O)Nc2nc(-c3cc(C)c(C)c(OC)c3)cs2)cc1OC.COc1cccc(C(=O)Nc2nc(-c3cc(C)c(C)c(OC)c3)cs2)c1.Cc1csc(=NC(=O)c2ccccc2)n1C. The molecule has 0 saturated carbocycles. The van der Waals surface area contributed by atoms with Gasteiger partial charge < -0.3 is 47.2 Å². The first-order chi connectivity index (χ1) is 70.5. The van der Waals surface area contributed by atoms with E-state index in [-0.39, 0.29) is 35.4 Å². The number of ether oxygens (including phenoxy) is 9. The number of carbonyl (C=O) groups is 6. The Morgan fingerprint density at radius 3 is 0.952 bits per heavy atom. The van der Waals surface area contributed by atoms with Crippen LogP contribution in [0.5, 0.6) is 51.7 Å². The van der Waals surface area contributed by atoms with Crippen molar-refractivity contribution in [2.45, 2.75) is 90.0 Å². The molecule has 0 fully saturated rings. The zero-order valence-corrected chi connectivity index (χ0v) is 91.3. The number of nitrogens with one attached hydrogen (secondary N) is 5. The van der Waals surface area contributed by atoms with Crippen molar-refractivity contribution in [2.24, 2.45) is 12.0 Å². The standard InChI is InChI=1S/C21H22N2O4S.C21H22N2O3S.C20H20N2O3S.C20H20N2O2S.C19H17ClN2O2S.C12H12N2OS/c1-12-8-15(10-18(26-4)13(12)2)16-11-28-21(22-16)23-20(24)14-6-7-17(25-3)19(9-14)27-5;1-12-8-15(10-19(26-5)14(12)3)18-11-27-21(22-18)23-20(24)17-7-6-16(25-4)9-13(17)2;1-12-8-15(10-18(25-4)13(12)2)17-11-26-20(21-17)22-19(23)14-6-5-7-16(9-14)24-3;1-12-7-5-6-8-16(12)19(23)22-20-21-17(11-25-20)15-9-13(2)14(3)18(10-15)24-4;1-11-8-14(9-17(24-3)12(11)2)16-10-25-19(21-16)22-18(23)13-4-6-15(20)7-5-13;1-9-8-16-12(14(9)2)13-11(15)10-6-4-3-5-7-10/h6-11H,1-5H3,(H,22,23,24);6-11H,1-5H3,(H,22,23,24);5-11H,1-4H3,(H,21,22,23);5-11H,1-4H3,(H,21,22,23);4-10H,1-3H3,(H,21,22,23);3-8H,1-2H3. The van der Waals surface area contributed by atoms with Crippen LogP contribution in [0.3, 0.4) is 0 Å². The highest BCUT2D eigenvalue weighted by Crippen LogP contribution is 2.40. The van der Waals surface area contributed by atoms with E-state index in [0.717, 1.165) is 168 Å². The molecule has 5 N–H and O–H groups in total. The molecule has 0 aliphatic heterocycles. The number of amides is 6. The lowest BCUT2D eigenvalue weighted by molar-refractivity contribution is 0.0992. The Kier molecular flexibility index (Phi) is 38.9. The van der Waals surface area contributed by atoms with Crippen molar-refractivity contribution in [3.05, 3.63) is 348 Å². The first kappa shape index (κ1) is 110. The smallest absolute Gasteiger partial charge is 0.279 e. The van der Waals surface area contributed by atoms with E-state index < -0.39 is 0 Å². The van der Waals surface area contributed by atoms with Crippen LogP contribution < -0.4 is 74.0 Å². The van der Waals surface area contributed by atoms with Crippen molar-refractivity contribution >= 4 is 141 Å². The lowest BCUT2D eigenvalue weighted by Gasteiger charge is -2.10. The van der Waals surface area contributed by atoms with Crippen molar-refractivity contribution in [2.75, 3.05) is 90.6 Å². The summed E-state index contributed by atoms with van der Waals surface area (Å²) in [5.41, 5.74) is 26.3. The van der Waals surface area contributed by atoms with Crippen LogP contribution in [0.1, 0.15) is 135 Å². The van der Waals surface area contributed by atoms with Crippen LogP contribution in [-0.4, -0.2) is 129 Å². The molecule has 0 saturated heterocycles. The molecule has 0 spiro atoms. The van der Waals surface area contributed by atoms with Crippen molar-refractivity contribution in [1.82, 2.24) is 29.5 Å². The van der Waals surface area contributed by atoms with Crippen molar-refractivity contribution in [3.63, 3.8) is 0 Å². The number of anilines is 5. The van der Waals surface area contributed by atoms with Crippen LogP contribution >= 0.6 is 79.6 Å². The minimum Gasteiger partial charge on any atom is -0.497 e. The van der Waals surface area contributed by atoms with E-state index >= 15 is 0 Å². The molecule has 6 heterocycles. The molecule has 0 radical (unpaired) electrons. The summed E-state index contributed by atoms with van der Waals surface area (Å²) in [4.78, 5) is 102. The van der Waals surface area contributed by atoms with Gasteiger partial charge in [0.05, 0.1) is 92.5 Å². The molecule has 758 valence electrons. The van der Waals surface area contributed by atoms with Gasteiger partial charge in [0.1, 0.15) is 40.2 Å². The number of hydrogen-bond donors (Lipinski definition) is 5. The summed E-state index contributed by atoms with van der Waals surface area (Å²) in [7, 11) is 16.5. The van der Waals surface area contributed by atoms with Crippen molar-refractivity contribution < 1.29 is 71.4 Å². The number of methoxy groups -OCH3 is 9. The van der Waals surface area contributed by atoms with Gasteiger partial charge in [-0.05, 0) is 314 Å². The number of hydrogen-bond acceptors (Lipinski definition) is 26. The lowest BCUT2D eigenvalue weighted by Crippen LogP contribution is -2.14. The molecule has 147 heavy (non-hydrogen) atoms. The Morgan fingerprint density at radius 1 is 0.279 bits per heavy atom. The molecule has 17 rings (SSSR count). The monoisotopic (exact) mass is 2100 g/mol. The molecule has 0 aliphatic carbocycles. The summed E-state index contributed by atoms with van der Waals surface area (Å²) < 4.78 is 49.9. The van der Waals surface area contributed by atoms with E-state index in [4.69, 9.17) is 54.2 Å². The molecule has 34 heteroatoms. The van der Waals surface area contributed by atoms with Crippen LogP contribution in [0.2, 0.25) is 5.02 Å². The van der Waals surface area contributed by atoms with Gasteiger partial charge in [0, 0.05) is 111 Å². The quantitative estimate of drug-likeness (QED) is 0.0355. The second-order valence-corrected chi connectivity index (χ2v) is 38.9. The Hall–Kier alpha value is -15.5. The highest BCUT2D eigenvalue weighted by atomic mass is 35.5. The maximum absolute atomic E-state index is 12.6. The fraction of sp³-hybridized carbons (Fsp3) is 0.204. The van der Waals surface area contributed by atoms with E-state index in [0.29, 0.717) is 81.3 Å². The van der Waals surface area contributed by atoms with E-state index in [1.165, 1.54) is 75.1 Å². The van der Waals surface area contributed by atoms with Crippen LogP contribution in [0.4, 0.5) is 25.7 Å². The largest absolute Gasteiger partial charge is 0.497 e. The average Bonchev–Trinajstić information content (AvgIpc) is 1.66. The van der Waals surface area contributed by atoms with E-state index in [1.807, 2.05) is 206 Å². The van der Waals surface area contributed by atoms with Gasteiger partial charge in [0.2, 0.25) is 0 Å². The third-order valence-corrected chi connectivity index (χ3v) is 28.9. The molecule has 0 bridgehead atoms. The second-order valence-electron chi connectivity index (χ2n) is 33.4. The summed E-state index contributed by atoms with van der Waals surface area (Å²) in [5, 5.41) is 29.2. The average molecular weight is 2110 g/mol. The van der Waals surface area contributed by atoms with Crippen LogP contribution in [0, 0.1) is 90.0 Å². The topological polar surface area (TPSA) is 327 Å². The molecule has 0 unspecified atom stereocenters. The molecular formula is C113H113ClN12O15S6. The van der Waals surface area contributed by atoms with Crippen molar-refractivity contribution in [3.8, 4) is 108 Å². The van der Waals surface area contributed by atoms with Gasteiger partial charge in [-0.3, -0.25) is 55.4 Å². The number of benzene rings is 11. The predicted octanol–water partition coefficient (Wildman–Crippen LogP) is 26.9. The maximum atomic E-state index is 12.6. The first-order valence-electron chi connectivity index (χ1n) is 45.8. The molecule has 17 aromatic rings. The van der Waals surface area contributed by atoms with Crippen LogP contribution in [0.15, 0.2) is 237 Å². The predicted molar refractivity (Wildman–Crippen MR) is 595 cm³/mol. The Morgan fingerprint density at radius 2 is 0.605 bits per heavy atom. The van der Waals surface area contributed by atoms with Crippen LogP contribution in [-0.2, 0) is 7.05 Å². The highest BCUT2D eigenvalue weighted by Gasteiger charge is 2.23. The zero-order chi connectivity index (χ0) is 106. The molecule has 0 aliphatic rings. The Labute approximate surface area is 883 Å². The van der Waals surface area contributed by atoms with E-state index in [1.54, 1.807) is 148 Å². The third-order valence-electron chi connectivity index (χ3n) is 23.8. The minimum absolute atomic E-state index is 0.142. The fourth-order valence-electron chi connectivity index (χ4n) is 14.6. The molecular weight excluding hydrogens is 1990 g/mol. The minimum atomic E-state index is -0.264. The number of thiazole rings is 6. The van der Waals surface area contributed by atoms with Crippen molar-refractivity contribution in [1.29, 1.82) is 0 Å². The summed E-state index contributed by atoms with van der Waals surface area (Å²) in [6, 6.07) is 60.9. The third kappa shape index (κ3) is 28.8. The molecule has 27 nitrogen and oxygen atoms in total. The number of halogens is 1. The number of aryl methyl sites for hydroxylation is 8. The molecule has 11 aromatic carbocycles. The molecule has 6 amide bonds. The zero-order valence-electron chi connectivity index (χ0n) is 85.6. The Bertz CT molecular complexity index is 7670. The van der Waals surface area contributed by atoms with E-state index in [2.05, 4.69) is 93.8 Å². The number of rotatable bonds is 25. The van der Waals surface area contributed by atoms with Gasteiger partial charge in [-0.25, -0.2) is 24.9 Å². The summed E-state index contributed by atoms with van der Waals surface area (Å²) in [6.07, 6.45) is 0. The number of aromatic nitrogens is 6. The fourth-order valence-corrected chi connectivity index (χ4v) is 19.1. The highest BCUT2D eigenvalue weighted by molar-refractivity contribution is 7.15. The summed E-state index contributed by atoms with van der Waals surface area (Å²) >= 11 is 14.3. The van der Waals surface area contributed by atoms with Gasteiger partial charge >= 0.3 is 0 Å². The summed E-state index contributed by atoms with van der Waals surface area (Å²) in [6.45, 7) is 26.1. The van der Waals surface area contributed by atoms with Gasteiger partial charge in [-0.1, -0.05) is 54.1 Å². The lowest BCUT2D eigenvalue weighted by atomic mass is 10.0. The van der Waals surface area contributed by atoms with Gasteiger partial charge in [0.25, 0.3) is 35.4 Å². The Balaban J connectivity index is 0.000000158. The molecule has 0 atom stereocenters. The first-order valence-corrected chi connectivity index (χ1v) is 51.4. The normalized spacial score (nSPS) is 10.7. The molecule has 6 aromatic heterocycles. The summed E-state index contributed by atoms with van der Waals surface area (Å²) in [5.74, 6) is 5.36. The van der Waals surface area contributed by atoms with Crippen LogP contribution in [0.25, 0.3) is 56.3 Å².